The molecule has 3 heteroatoms. The number of rotatable bonds is 3. The summed E-state index contributed by atoms with van der Waals surface area (Å²) in [5, 5.41) is 4.49. The normalized spacial score (nSPS) is 32.8. The molecule has 3 nitrogen and oxygen atoms in total. The molecule has 2 aliphatic rings. The van der Waals surface area contributed by atoms with Crippen molar-refractivity contribution in [2.24, 2.45) is 11.0 Å². The van der Waals surface area contributed by atoms with Crippen LogP contribution < -0.4 is 5.43 Å². The fraction of sp³-hybridized carbons (Fsp3) is 0.900. The quantitative estimate of drug-likeness (QED) is 0.659. The maximum Gasteiger partial charge on any atom is 0.0559 e. The van der Waals surface area contributed by atoms with Crippen molar-refractivity contribution in [2.45, 2.75) is 32.7 Å². The molecule has 13 heavy (non-hydrogen) atoms. The third-order valence-corrected chi connectivity index (χ3v) is 2.90. The Hall–Kier alpha value is -0.570. The molecular weight excluding hydrogens is 162 g/mol. The third-order valence-electron chi connectivity index (χ3n) is 2.90. The Morgan fingerprint density at radius 3 is 2.85 bits per heavy atom. The molecule has 2 rings (SSSR count). The highest BCUT2D eigenvalue weighted by molar-refractivity contribution is 5.90. The first kappa shape index (κ1) is 9.00. The summed E-state index contributed by atoms with van der Waals surface area (Å²) in [4.78, 5) is 2.44. The minimum atomic E-state index is 0.645. The van der Waals surface area contributed by atoms with Gasteiger partial charge in [0.15, 0.2) is 0 Å². The van der Waals surface area contributed by atoms with Gasteiger partial charge in [0.2, 0.25) is 0 Å². The maximum absolute atomic E-state index is 4.49. The van der Waals surface area contributed by atoms with Crippen molar-refractivity contribution in [1.82, 2.24) is 10.3 Å². The van der Waals surface area contributed by atoms with Crippen molar-refractivity contribution in [1.29, 1.82) is 0 Å². The van der Waals surface area contributed by atoms with Crippen molar-refractivity contribution in [3.63, 3.8) is 0 Å². The SMILES string of the molecule is CCN1C/C(=N\NC2CC2)C(C)C1. The van der Waals surface area contributed by atoms with Crippen molar-refractivity contribution >= 4 is 5.71 Å². The second kappa shape index (κ2) is 3.66. The van der Waals surface area contributed by atoms with Gasteiger partial charge in [-0.25, -0.2) is 0 Å². The summed E-state index contributed by atoms with van der Waals surface area (Å²) in [5.74, 6) is 0.645. The highest BCUT2D eigenvalue weighted by Crippen LogP contribution is 2.19. The summed E-state index contributed by atoms with van der Waals surface area (Å²) in [6.45, 7) is 7.87. The van der Waals surface area contributed by atoms with Gasteiger partial charge in [0.25, 0.3) is 0 Å². The number of nitrogens with zero attached hydrogens (tertiary/aromatic N) is 2. The van der Waals surface area contributed by atoms with Gasteiger partial charge in [0, 0.05) is 25.0 Å². The van der Waals surface area contributed by atoms with Crippen LogP contribution in [0.3, 0.4) is 0 Å². The fourth-order valence-electron chi connectivity index (χ4n) is 1.72. The molecule has 1 heterocycles. The van der Waals surface area contributed by atoms with Crippen molar-refractivity contribution in [3.8, 4) is 0 Å². The molecule has 0 radical (unpaired) electrons. The van der Waals surface area contributed by atoms with E-state index in [4.69, 9.17) is 0 Å². The van der Waals surface area contributed by atoms with Crippen LogP contribution >= 0.6 is 0 Å². The third kappa shape index (κ3) is 2.21. The minimum Gasteiger partial charge on any atom is -0.307 e. The summed E-state index contributed by atoms with van der Waals surface area (Å²) in [7, 11) is 0. The molecular formula is C10H19N3. The van der Waals surface area contributed by atoms with Crippen LogP contribution in [0.25, 0.3) is 0 Å². The molecule has 1 saturated carbocycles. The molecule has 1 aliphatic carbocycles. The van der Waals surface area contributed by atoms with E-state index in [1.807, 2.05) is 0 Å². The van der Waals surface area contributed by atoms with Gasteiger partial charge in [-0.1, -0.05) is 13.8 Å². The van der Waals surface area contributed by atoms with Gasteiger partial charge >= 0.3 is 0 Å². The van der Waals surface area contributed by atoms with Crippen molar-refractivity contribution in [2.75, 3.05) is 19.6 Å². The van der Waals surface area contributed by atoms with E-state index in [9.17, 15) is 0 Å². The van der Waals surface area contributed by atoms with E-state index in [1.165, 1.54) is 25.1 Å². The minimum absolute atomic E-state index is 0.645. The van der Waals surface area contributed by atoms with Gasteiger partial charge in [-0.15, -0.1) is 0 Å². The van der Waals surface area contributed by atoms with Crippen LogP contribution in [0.5, 0.6) is 0 Å². The van der Waals surface area contributed by atoms with Crippen molar-refractivity contribution in [3.05, 3.63) is 0 Å². The Kier molecular flexibility index (Phi) is 2.54. The van der Waals surface area contributed by atoms with E-state index >= 15 is 0 Å². The number of hydrazone groups is 1. The molecule has 1 aliphatic heterocycles. The van der Waals surface area contributed by atoms with E-state index in [2.05, 4.69) is 29.3 Å². The second-order valence-corrected chi connectivity index (χ2v) is 4.24. The smallest absolute Gasteiger partial charge is 0.0559 e. The first-order valence-electron chi connectivity index (χ1n) is 5.34. The van der Waals surface area contributed by atoms with Crippen LogP contribution in [-0.2, 0) is 0 Å². The molecule has 0 bridgehead atoms. The zero-order valence-electron chi connectivity index (χ0n) is 8.58. The highest BCUT2D eigenvalue weighted by atomic mass is 15.3. The summed E-state index contributed by atoms with van der Waals surface area (Å²) < 4.78 is 0. The zero-order valence-corrected chi connectivity index (χ0v) is 8.58. The summed E-state index contributed by atoms with van der Waals surface area (Å²) in [5.41, 5.74) is 4.58. The fourth-order valence-corrected chi connectivity index (χ4v) is 1.72. The van der Waals surface area contributed by atoms with Gasteiger partial charge in [-0.3, -0.25) is 4.90 Å². The molecule has 1 unspecified atom stereocenters. The van der Waals surface area contributed by atoms with Crippen LogP contribution in [0.2, 0.25) is 0 Å². The number of nitrogens with one attached hydrogen (secondary N) is 1. The Morgan fingerprint density at radius 1 is 1.54 bits per heavy atom. The monoisotopic (exact) mass is 181 g/mol. The molecule has 2 fully saturated rings. The Morgan fingerprint density at radius 2 is 2.31 bits per heavy atom. The lowest BCUT2D eigenvalue weighted by Gasteiger charge is -2.08. The first-order chi connectivity index (χ1) is 6.29. The lowest BCUT2D eigenvalue weighted by molar-refractivity contribution is 0.348. The molecule has 1 atom stereocenters. The average Bonchev–Trinajstić information content (AvgIpc) is 2.88. The van der Waals surface area contributed by atoms with E-state index < -0.39 is 0 Å². The van der Waals surface area contributed by atoms with Gasteiger partial charge in [-0.05, 0) is 19.4 Å². The lowest BCUT2D eigenvalue weighted by Crippen LogP contribution is -2.21. The predicted molar refractivity (Wildman–Crippen MR) is 54.9 cm³/mol. The van der Waals surface area contributed by atoms with Gasteiger partial charge < -0.3 is 5.43 Å². The first-order valence-corrected chi connectivity index (χ1v) is 5.34. The van der Waals surface area contributed by atoms with Crippen LogP contribution in [-0.4, -0.2) is 36.3 Å². The highest BCUT2D eigenvalue weighted by Gasteiger charge is 2.25. The Labute approximate surface area is 80.2 Å². The van der Waals surface area contributed by atoms with Gasteiger partial charge in [0.05, 0.1) is 5.71 Å². The van der Waals surface area contributed by atoms with E-state index in [1.54, 1.807) is 0 Å². The molecule has 0 spiro atoms. The van der Waals surface area contributed by atoms with E-state index in [0.29, 0.717) is 12.0 Å². The lowest BCUT2D eigenvalue weighted by atomic mass is 10.1. The molecule has 0 aromatic carbocycles. The standard InChI is InChI=1S/C10H19N3/c1-3-13-6-8(2)10(7-13)12-11-9-4-5-9/h8-9,11H,3-7H2,1-2H3/b12-10+. The van der Waals surface area contributed by atoms with E-state index in [0.717, 1.165) is 13.1 Å². The van der Waals surface area contributed by atoms with Crippen molar-refractivity contribution < 1.29 is 0 Å². The van der Waals surface area contributed by atoms with Crippen LogP contribution in [0, 0.1) is 5.92 Å². The van der Waals surface area contributed by atoms with Crippen LogP contribution in [0.4, 0.5) is 0 Å². The Balaban J connectivity index is 1.86. The molecule has 1 N–H and O–H groups in total. The molecule has 74 valence electrons. The molecule has 0 amide bonds. The summed E-state index contributed by atoms with van der Waals surface area (Å²) in [6, 6.07) is 0.690. The molecule has 0 aromatic heterocycles. The number of hydrogen-bond donors (Lipinski definition) is 1. The van der Waals surface area contributed by atoms with E-state index in [-0.39, 0.29) is 0 Å². The number of likely N-dealkylation sites (tertiary alicyclic amines) is 1. The summed E-state index contributed by atoms with van der Waals surface area (Å²) in [6.07, 6.45) is 2.62. The second-order valence-electron chi connectivity index (χ2n) is 4.24. The molecule has 1 saturated heterocycles. The Bertz CT molecular complexity index is 208. The zero-order chi connectivity index (χ0) is 9.26. The largest absolute Gasteiger partial charge is 0.307 e. The van der Waals surface area contributed by atoms with Crippen LogP contribution in [0.1, 0.15) is 26.7 Å². The average molecular weight is 181 g/mol. The summed E-state index contributed by atoms with van der Waals surface area (Å²) >= 11 is 0. The predicted octanol–water partition coefficient (Wildman–Crippen LogP) is 1.07. The number of hydrogen-bond acceptors (Lipinski definition) is 3. The molecule has 0 aromatic rings. The van der Waals surface area contributed by atoms with Crippen LogP contribution in [0.15, 0.2) is 5.10 Å². The topological polar surface area (TPSA) is 27.6 Å². The maximum atomic E-state index is 4.49. The van der Waals surface area contributed by atoms with Gasteiger partial charge in [-0.2, -0.15) is 5.10 Å². The van der Waals surface area contributed by atoms with Gasteiger partial charge in [0.1, 0.15) is 0 Å².